The summed E-state index contributed by atoms with van der Waals surface area (Å²) in [5, 5.41) is 17.1. The smallest absolute Gasteiger partial charge is 0.174 e. The van der Waals surface area contributed by atoms with E-state index in [1.54, 1.807) is 12.1 Å². The average Bonchev–Trinajstić information content (AvgIpc) is 2.46. The van der Waals surface area contributed by atoms with Crippen LogP contribution in [0.1, 0.15) is 5.56 Å². The summed E-state index contributed by atoms with van der Waals surface area (Å²) in [5.74, 6) is 0.675. The first kappa shape index (κ1) is 11.7. The number of hydrogen-bond acceptors (Lipinski definition) is 3. The second-order valence-electron chi connectivity index (χ2n) is 3.66. The molecule has 0 aromatic heterocycles. The summed E-state index contributed by atoms with van der Waals surface area (Å²) in [6, 6.07) is 18.9. The van der Waals surface area contributed by atoms with Crippen LogP contribution in [0, 0.1) is 22.7 Å². The summed E-state index contributed by atoms with van der Waals surface area (Å²) in [5.41, 5.74) is 2.73. The molecule has 3 nitrogen and oxygen atoms in total. The van der Waals surface area contributed by atoms with Gasteiger partial charge in [-0.1, -0.05) is 24.3 Å². The SMILES string of the molecule is N#CCOc1ccc(-c2ccc(C#N)cc2)cc1. The topological polar surface area (TPSA) is 56.8 Å². The number of benzene rings is 2. The number of nitrogens with zero attached hydrogens (tertiary/aromatic N) is 2. The standard InChI is InChI=1S/C15H10N2O/c16-9-10-18-15-7-5-14(6-8-15)13-3-1-12(11-17)2-4-13/h1-8H,10H2. The molecule has 0 aliphatic carbocycles. The molecule has 0 saturated heterocycles. The first-order valence-corrected chi connectivity index (χ1v) is 5.44. The molecule has 0 bridgehead atoms. The Morgan fingerprint density at radius 1 is 0.833 bits per heavy atom. The van der Waals surface area contributed by atoms with Gasteiger partial charge < -0.3 is 4.74 Å². The van der Waals surface area contributed by atoms with E-state index in [-0.39, 0.29) is 6.61 Å². The first-order valence-electron chi connectivity index (χ1n) is 5.44. The number of ether oxygens (including phenoxy) is 1. The Labute approximate surface area is 105 Å². The van der Waals surface area contributed by atoms with Gasteiger partial charge in [-0.2, -0.15) is 10.5 Å². The zero-order chi connectivity index (χ0) is 12.8. The molecule has 2 aromatic rings. The maximum atomic E-state index is 8.73. The Kier molecular flexibility index (Phi) is 3.59. The van der Waals surface area contributed by atoms with Gasteiger partial charge in [0, 0.05) is 0 Å². The summed E-state index contributed by atoms with van der Waals surface area (Å²) in [4.78, 5) is 0. The molecule has 2 aromatic carbocycles. The van der Waals surface area contributed by atoms with Crippen LogP contribution in [0.5, 0.6) is 5.75 Å². The van der Waals surface area contributed by atoms with Crippen LogP contribution >= 0.6 is 0 Å². The molecule has 0 atom stereocenters. The number of nitriles is 2. The molecule has 0 radical (unpaired) electrons. The highest BCUT2D eigenvalue weighted by Gasteiger charge is 1.99. The van der Waals surface area contributed by atoms with E-state index >= 15 is 0 Å². The van der Waals surface area contributed by atoms with Gasteiger partial charge in [0.15, 0.2) is 6.61 Å². The van der Waals surface area contributed by atoms with Crippen molar-refractivity contribution in [2.24, 2.45) is 0 Å². The van der Waals surface area contributed by atoms with Gasteiger partial charge in [0.05, 0.1) is 11.6 Å². The molecule has 3 heteroatoms. The Balaban J connectivity index is 2.18. The van der Waals surface area contributed by atoms with Crippen molar-refractivity contribution in [1.29, 1.82) is 10.5 Å². The minimum atomic E-state index is 0.0518. The Morgan fingerprint density at radius 2 is 1.39 bits per heavy atom. The number of hydrogen-bond donors (Lipinski definition) is 0. The predicted octanol–water partition coefficient (Wildman–Crippen LogP) is 3.13. The normalized spacial score (nSPS) is 9.22. The molecule has 0 spiro atoms. The third-order valence-electron chi connectivity index (χ3n) is 2.51. The fraction of sp³-hybridized carbons (Fsp3) is 0.0667. The molecule has 0 unspecified atom stereocenters. The Hall–Kier alpha value is -2.78. The van der Waals surface area contributed by atoms with Crippen LogP contribution in [-0.4, -0.2) is 6.61 Å². The van der Waals surface area contributed by atoms with Gasteiger partial charge in [0.2, 0.25) is 0 Å². The molecule has 0 fully saturated rings. The van der Waals surface area contributed by atoms with Crippen molar-refractivity contribution in [3.63, 3.8) is 0 Å². The summed E-state index contributed by atoms with van der Waals surface area (Å²) in [6.07, 6.45) is 0. The second kappa shape index (κ2) is 5.52. The van der Waals surface area contributed by atoms with E-state index in [1.807, 2.05) is 42.5 Å². The zero-order valence-electron chi connectivity index (χ0n) is 9.63. The first-order chi connectivity index (χ1) is 8.83. The molecule has 0 aliphatic heterocycles. The van der Waals surface area contributed by atoms with Gasteiger partial charge in [-0.05, 0) is 35.4 Å². The van der Waals surface area contributed by atoms with Crippen molar-refractivity contribution in [2.45, 2.75) is 0 Å². The third-order valence-corrected chi connectivity index (χ3v) is 2.51. The van der Waals surface area contributed by atoms with Gasteiger partial charge in [-0.15, -0.1) is 0 Å². The maximum absolute atomic E-state index is 8.73. The number of rotatable bonds is 3. The second-order valence-corrected chi connectivity index (χ2v) is 3.66. The van der Waals surface area contributed by atoms with E-state index < -0.39 is 0 Å². The van der Waals surface area contributed by atoms with Gasteiger partial charge in [-0.25, -0.2) is 0 Å². The fourth-order valence-electron chi connectivity index (χ4n) is 1.60. The quantitative estimate of drug-likeness (QED) is 0.819. The summed E-state index contributed by atoms with van der Waals surface area (Å²) >= 11 is 0. The Morgan fingerprint density at radius 3 is 1.89 bits per heavy atom. The van der Waals surface area contributed by atoms with Crippen LogP contribution in [-0.2, 0) is 0 Å². The van der Waals surface area contributed by atoms with Gasteiger partial charge in [-0.3, -0.25) is 0 Å². The molecule has 0 N–H and O–H groups in total. The van der Waals surface area contributed by atoms with Crippen LogP contribution < -0.4 is 4.74 Å². The third kappa shape index (κ3) is 2.66. The molecule has 86 valence electrons. The van der Waals surface area contributed by atoms with Gasteiger partial charge in [0.25, 0.3) is 0 Å². The highest BCUT2D eigenvalue weighted by molar-refractivity contribution is 5.64. The van der Waals surface area contributed by atoms with Crippen molar-refractivity contribution >= 4 is 0 Å². The van der Waals surface area contributed by atoms with Crippen LogP contribution in [0.15, 0.2) is 48.5 Å². The zero-order valence-corrected chi connectivity index (χ0v) is 9.63. The average molecular weight is 234 g/mol. The summed E-state index contributed by atoms with van der Waals surface area (Å²) < 4.78 is 5.18. The van der Waals surface area contributed by atoms with E-state index in [0.717, 1.165) is 11.1 Å². The van der Waals surface area contributed by atoms with E-state index in [9.17, 15) is 0 Å². The lowest BCUT2D eigenvalue weighted by molar-refractivity contribution is 0.368. The molecule has 0 amide bonds. The maximum Gasteiger partial charge on any atom is 0.174 e. The van der Waals surface area contributed by atoms with E-state index in [0.29, 0.717) is 11.3 Å². The fourth-order valence-corrected chi connectivity index (χ4v) is 1.60. The lowest BCUT2D eigenvalue weighted by atomic mass is 10.0. The lowest BCUT2D eigenvalue weighted by Crippen LogP contribution is -1.92. The minimum Gasteiger partial charge on any atom is -0.479 e. The van der Waals surface area contributed by atoms with Crippen molar-refractivity contribution < 1.29 is 4.74 Å². The van der Waals surface area contributed by atoms with Crippen LogP contribution in [0.2, 0.25) is 0 Å². The van der Waals surface area contributed by atoms with Crippen LogP contribution in [0.4, 0.5) is 0 Å². The molecule has 18 heavy (non-hydrogen) atoms. The highest BCUT2D eigenvalue weighted by atomic mass is 16.5. The van der Waals surface area contributed by atoms with Crippen LogP contribution in [0.3, 0.4) is 0 Å². The minimum absolute atomic E-state index is 0.0518. The molecule has 0 saturated carbocycles. The van der Waals surface area contributed by atoms with Crippen molar-refractivity contribution in [1.82, 2.24) is 0 Å². The largest absolute Gasteiger partial charge is 0.479 e. The molecule has 0 heterocycles. The van der Waals surface area contributed by atoms with Gasteiger partial charge in [0.1, 0.15) is 11.8 Å². The van der Waals surface area contributed by atoms with Crippen molar-refractivity contribution in [3.8, 4) is 29.0 Å². The predicted molar refractivity (Wildman–Crippen MR) is 67.7 cm³/mol. The molecular formula is C15H10N2O. The van der Waals surface area contributed by atoms with E-state index in [1.165, 1.54) is 0 Å². The molecular weight excluding hydrogens is 224 g/mol. The molecule has 2 rings (SSSR count). The Bertz CT molecular complexity index is 601. The van der Waals surface area contributed by atoms with Crippen molar-refractivity contribution in [3.05, 3.63) is 54.1 Å². The molecule has 0 aliphatic rings. The summed E-state index contributed by atoms with van der Waals surface area (Å²) in [7, 11) is 0. The summed E-state index contributed by atoms with van der Waals surface area (Å²) in [6.45, 7) is 0.0518. The van der Waals surface area contributed by atoms with Crippen LogP contribution in [0.25, 0.3) is 11.1 Å². The lowest BCUT2D eigenvalue weighted by Gasteiger charge is -2.04. The van der Waals surface area contributed by atoms with Gasteiger partial charge >= 0.3 is 0 Å². The highest BCUT2D eigenvalue weighted by Crippen LogP contribution is 2.22. The van der Waals surface area contributed by atoms with Crippen molar-refractivity contribution in [2.75, 3.05) is 6.61 Å². The van der Waals surface area contributed by atoms with E-state index in [2.05, 4.69) is 6.07 Å². The van der Waals surface area contributed by atoms with E-state index in [4.69, 9.17) is 15.3 Å². The monoisotopic (exact) mass is 234 g/mol.